The number of nitrogens with one attached hydrogen (secondary N) is 2. The van der Waals surface area contributed by atoms with Gasteiger partial charge in [0.15, 0.2) is 0 Å². The molecule has 0 aliphatic carbocycles. The lowest BCUT2D eigenvalue weighted by Gasteiger charge is -2.19. The fourth-order valence-electron chi connectivity index (χ4n) is 2.72. The number of urea groups is 1. The summed E-state index contributed by atoms with van der Waals surface area (Å²) in [6.45, 7) is 6.36. The number of anilines is 1. The van der Waals surface area contributed by atoms with Crippen LogP contribution in [0, 0.1) is 5.92 Å². The number of nitrogens with zero attached hydrogens (tertiary/aromatic N) is 1. The lowest BCUT2D eigenvalue weighted by atomic mass is 10.1. The molecule has 1 aliphatic heterocycles. The van der Waals surface area contributed by atoms with Crippen LogP contribution in [0.25, 0.3) is 0 Å². The molecule has 1 unspecified atom stereocenters. The molecule has 0 bridgehead atoms. The van der Waals surface area contributed by atoms with Crippen LogP contribution in [-0.4, -0.2) is 52.5 Å². The maximum Gasteiger partial charge on any atom is 0.314 e. The van der Waals surface area contributed by atoms with Gasteiger partial charge in [0, 0.05) is 44.5 Å². The molecule has 6 nitrogen and oxygen atoms in total. The molecule has 2 rings (SSSR count). The van der Waals surface area contributed by atoms with Crippen LogP contribution in [0.4, 0.5) is 10.5 Å². The summed E-state index contributed by atoms with van der Waals surface area (Å²) in [4.78, 5) is 14.0. The molecule has 0 aromatic heterocycles. The molecule has 1 aromatic rings. The van der Waals surface area contributed by atoms with E-state index in [1.165, 1.54) is 5.69 Å². The molecule has 1 aromatic carbocycles. The zero-order chi connectivity index (χ0) is 16.5. The van der Waals surface area contributed by atoms with Gasteiger partial charge >= 0.3 is 6.03 Å². The highest BCUT2D eigenvalue weighted by Crippen LogP contribution is 2.26. The van der Waals surface area contributed by atoms with Crippen molar-refractivity contribution in [2.24, 2.45) is 5.92 Å². The molecule has 23 heavy (non-hydrogen) atoms. The van der Waals surface area contributed by atoms with Gasteiger partial charge < -0.3 is 25.0 Å². The van der Waals surface area contributed by atoms with Crippen LogP contribution in [0.3, 0.4) is 0 Å². The maximum absolute atomic E-state index is 11.7. The van der Waals surface area contributed by atoms with Gasteiger partial charge in [0.05, 0.1) is 13.7 Å². The average molecular weight is 321 g/mol. The smallest absolute Gasteiger partial charge is 0.314 e. The summed E-state index contributed by atoms with van der Waals surface area (Å²) in [7, 11) is 1.68. The number of carbonyl (C=O) groups excluding carboxylic acids is 1. The molecule has 2 amide bonds. The van der Waals surface area contributed by atoms with Gasteiger partial charge in [-0.25, -0.2) is 4.79 Å². The number of methoxy groups -OCH3 is 1. The van der Waals surface area contributed by atoms with Crippen molar-refractivity contribution >= 4 is 11.7 Å². The second-order valence-electron chi connectivity index (χ2n) is 5.64. The Morgan fingerprint density at radius 2 is 2.26 bits per heavy atom. The second-order valence-corrected chi connectivity index (χ2v) is 5.64. The molecule has 128 valence electrons. The van der Waals surface area contributed by atoms with Gasteiger partial charge in [0.2, 0.25) is 0 Å². The van der Waals surface area contributed by atoms with E-state index >= 15 is 0 Å². The predicted octanol–water partition coefficient (Wildman–Crippen LogP) is 1.86. The van der Waals surface area contributed by atoms with Crippen LogP contribution in [0.2, 0.25) is 0 Å². The van der Waals surface area contributed by atoms with Crippen LogP contribution in [0.1, 0.15) is 13.3 Å². The van der Waals surface area contributed by atoms with E-state index in [0.29, 0.717) is 32.2 Å². The van der Waals surface area contributed by atoms with Crippen LogP contribution >= 0.6 is 0 Å². The quantitative estimate of drug-likeness (QED) is 0.718. The summed E-state index contributed by atoms with van der Waals surface area (Å²) in [5.74, 6) is 1.34. The molecule has 1 fully saturated rings. The van der Waals surface area contributed by atoms with Gasteiger partial charge in [0.1, 0.15) is 5.75 Å². The highest BCUT2D eigenvalue weighted by molar-refractivity contribution is 5.73. The number of amides is 2. The first-order valence-electron chi connectivity index (χ1n) is 8.21. The summed E-state index contributed by atoms with van der Waals surface area (Å²) in [5, 5.41) is 5.73. The average Bonchev–Trinajstić information content (AvgIpc) is 3.06. The van der Waals surface area contributed by atoms with Crippen molar-refractivity contribution in [3.8, 4) is 5.75 Å². The van der Waals surface area contributed by atoms with Crippen molar-refractivity contribution in [2.45, 2.75) is 13.3 Å². The van der Waals surface area contributed by atoms with Gasteiger partial charge in [0.25, 0.3) is 0 Å². The van der Waals surface area contributed by atoms with E-state index in [1.54, 1.807) is 7.11 Å². The number of hydrogen-bond acceptors (Lipinski definition) is 4. The van der Waals surface area contributed by atoms with E-state index in [-0.39, 0.29) is 6.03 Å². The van der Waals surface area contributed by atoms with Crippen molar-refractivity contribution < 1.29 is 14.3 Å². The van der Waals surface area contributed by atoms with Gasteiger partial charge in [-0.2, -0.15) is 0 Å². The Kier molecular flexibility index (Phi) is 7.00. The van der Waals surface area contributed by atoms with Crippen LogP contribution in [0.15, 0.2) is 24.3 Å². The number of rotatable bonds is 8. The minimum Gasteiger partial charge on any atom is -0.497 e. The Bertz CT molecular complexity index is 496. The number of ether oxygens (including phenoxy) is 2. The Hall–Kier alpha value is -1.95. The third-order valence-electron chi connectivity index (χ3n) is 3.99. The first-order chi connectivity index (χ1) is 11.2. The van der Waals surface area contributed by atoms with Gasteiger partial charge in [-0.15, -0.1) is 0 Å². The first kappa shape index (κ1) is 17.4. The molecule has 2 N–H and O–H groups in total. The molecular weight excluding hydrogens is 294 g/mol. The summed E-state index contributed by atoms with van der Waals surface area (Å²) in [6, 6.07) is 7.98. The van der Waals surface area contributed by atoms with Crippen LogP contribution in [0.5, 0.6) is 5.75 Å². The van der Waals surface area contributed by atoms with E-state index in [2.05, 4.69) is 27.7 Å². The van der Waals surface area contributed by atoms with Crippen molar-refractivity contribution in [3.05, 3.63) is 24.3 Å². The summed E-state index contributed by atoms with van der Waals surface area (Å²) >= 11 is 0. The molecule has 6 heteroatoms. The minimum atomic E-state index is -0.121. The standard InChI is InChI=1S/C17H27N3O3/c1-3-23-10-8-18-17(21)19-12-14-7-9-20(13-14)15-5-4-6-16(11-15)22-2/h4-6,11,14H,3,7-10,12-13H2,1-2H3,(H2,18,19,21). The highest BCUT2D eigenvalue weighted by Gasteiger charge is 2.23. The lowest BCUT2D eigenvalue weighted by Crippen LogP contribution is -2.40. The number of benzene rings is 1. The largest absolute Gasteiger partial charge is 0.497 e. The summed E-state index contributed by atoms with van der Waals surface area (Å²) < 4.78 is 10.5. The second kappa shape index (κ2) is 9.25. The molecular formula is C17H27N3O3. The SMILES string of the molecule is CCOCCNC(=O)NCC1CCN(c2cccc(OC)c2)C1. The predicted molar refractivity (Wildman–Crippen MR) is 91.2 cm³/mol. The van der Waals surface area contributed by atoms with Gasteiger partial charge in [-0.3, -0.25) is 0 Å². The monoisotopic (exact) mass is 321 g/mol. The molecule has 0 spiro atoms. The number of hydrogen-bond donors (Lipinski definition) is 2. The summed E-state index contributed by atoms with van der Waals surface area (Å²) in [6.07, 6.45) is 1.08. The van der Waals surface area contributed by atoms with Crippen molar-refractivity contribution in [2.75, 3.05) is 51.4 Å². The third-order valence-corrected chi connectivity index (χ3v) is 3.99. The van der Waals surface area contributed by atoms with Gasteiger partial charge in [-0.05, 0) is 31.4 Å². The van der Waals surface area contributed by atoms with Crippen molar-refractivity contribution in [3.63, 3.8) is 0 Å². The van der Waals surface area contributed by atoms with Crippen molar-refractivity contribution in [1.29, 1.82) is 0 Å². The lowest BCUT2D eigenvalue weighted by molar-refractivity contribution is 0.149. The minimum absolute atomic E-state index is 0.121. The molecule has 1 saturated heterocycles. The van der Waals surface area contributed by atoms with Gasteiger partial charge in [-0.1, -0.05) is 6.07 Å². The Labute approximate surface area is 138 Å². The maximum atomic E-state index is 11.7. The molecule has 1 atom stereocenters. The van der Waals surface area contributed by atoms with Crippen LogP contribution in [-0.2, 0) is 4.74 Å². The summed E-state index contributed by atoms with van der Waals surface area (Å²) in [5.41, 5.74) is 1.17. The highest BCUT2D eigenvalue weighted by atomic mass is 16.5. The van der Waals surface area contributed by atoms with E-state index in [1.807, 2.05) is 19.1 Å². The topological polar surface area (TPSA) is 62.8 Å². The Balaban J connectivity index is 1.70. The Morgan fingerprint density at radius 3 is 3.04 bits per heavy atom. The molecule has 0 saturated carbocycles. The third kappa shape index (κ3) is 5.63. The first-order valence-corrected chi connectivity index (χ1v) is 8.21. The Morgan fingerprint density at radius 1 is 1.39 bits per heavy atom. The fraction of sp³-hybridized carbons (Fsp3) is 0.588. The molecule has 1 aliphatic rings. The fourth-order valence-corrected chi connectivity index (χ4v) is 2.72. The van der Waals surface area contributed by atoms with E-state index in [4.69, 9.17) is 9.47 Å². The van der Waals surface area contributed by atoms with E-state index in [0.717, 1.165) is 25.3 Å². The zero-order valence-corrected chi connectivity index (χ0v) is 14.0. The van der Waals surface area contributed by atoms with Crippen LogP contribution < -0.4 is 20.3 Å². The van der Waals surface area contributed by atoms with Crippen molar-refractivity contribution in [1.82, 2.24) is 10.6 Å². The van der Waals surface area contributed by atoms with E-state index < -0.39 is 0 Å². The molecule has 1 heterocycles. The normalized spacial score (nSPS) is 17.1. The zero-order valence-electron chi connectivity index (χ0n) is 14.0. The molecule has 0 radical (unpaired) electrons. The number of carbonyl (C=O) groups is 1. The van der Waals surface area contributed by atoms with E-state index in [9.17, 15) is 4.79 Å².